The smallest absolute Gasteiger partial charge is 0.310 e. The number of nitrogens with zero attached hydrogens (tertiary/aromatic N) is 2. The molecular formula is C25H32N2O5S. The first kappa shape index (κ1) is 23.8. The van der Waals surface area contributed by atoms with Gasteiger partial charge in [0.25, 0.3) is 0 Å². The Morgan fingerprint density at radius 2 is 2.12 bits per heavy atom. The van der Waals surface area contributed by atoms with E-state index in [-0.39, 0.29) is 36.2 Å². The van der Waals surface area contributed by atoms with Crippen molar-refractivity contribution in [3.8, 4) is 0 Å². The van der Waals surface area contributed by atoms with Crippen molar-refractivity contribution in [2.24, 2.45) is 11.8 Å². The van der Waals surface area contributed by atoms with Crippen LogP contribution in [-0.2, 0) is 25.7 Å². The van der Waals surface area contributed by atoms with E-state index >= 15 is 0 Å². The molecule has 33 heavy (non-hydrogen) atoms. The van der Waals surface area contributed by atoms with Gasteiger partial charge in [0.1, 0.15) is 6.04 Å². The maximum atomic E-state index is 14.1. The normalized spacial score (nSPS) is 30.8. The molecule has 0 aliphatic carbocycles. The van der Waals surface area contributed by atoms with Crippen molar-refractivity contribution in [2.75, 3.05) is 19.8 Å². The molecule has 2 amide bonds. The Labute approximate surface area is 199 Å². The van der Waals surface area contributed by atoms with Crippen molar-refractivity contribution < 1.29 is 24.2 Å². The highest BCUT2D eigenvalue weighted by Crippen LogP contribution is 2.66. The maximum Gasteiger partial charge on any atom is 0.310 e. The topological polar surface area (TPSA) is 87.2 Å². The second-order valence-electron chi connectivity index (χ2n) is 9.08. The zero-order valence-corrected chi connectivity index (χ0v) is 20.0. The third kappa shape index (κ3) is 3.87. The summed E-state index contributed by atoms with van der Waals surface area (Å²) in [5.41, 5.74) is 0.987. The van der Waals surface area contributed by atoms with Crippen LogP contribution in [0, 0.1) is 11.8 Å². The number of hydrogen-bond donors (Lipinski definition) is 1. The Hall–Kier alpha value is -2.32. The van der Waals surface area contributed by atoms with Gasteiger partial charge in [-0.15, -0.1) is 18.3 Å². The summed E-state index contributed by atoms with van der Waals surface area (Å²) in [6.07, 6.45) is 3.14. The number of esters is 1. The number of aliphatic hydroxyl groups is 1. The molecule has 2 bridgehead atoms. The van der Waals surface area contributed by atoms with Crippen LogP contribution in [0.4, 0.5) is 0 Å². The molecule has 3 aliphatic rings. The molecular weight excluding hydrogens is 440 g/mol. The molecule has 1 spiro atoms. The third-order valence-corrected chi connectivity index (χ3v) is 9.10. The Morgan fingerprint density at radius 3 is 2.76 bits per heavy atom. The van der Waals surface area contributed by atoms with Crippen molar-refractivity contribution in [1.82, 2.24) is 9.80 Å². The van der Waals surface area contributed by atoms with E-state index in [0.29, 0.717) is 19.5 Å². The summed E-state index contributed by atoms with van der Waals surface area (Å²) in [5, 5.41) is 9.92. The Bertz CT molecular complexity index is 925. The fraction of sp³-hybridized carbons (Fsp3) is 0.560. The number of likely N-dealkylation sites (tertiary alicyclic amines) is 1. The molecule has 1 aromatic rings. The second-order valence-corrected chi connectivity index (χ2v) is 10.7. The van der Waals surface area contributed by atoms with Gasteiger partial charge in [0.05, 0.1) is 35.8 Å². The van der Waals surface area contributed by atoms with Gasteiger partial charge in [-0.1, -0.05) is 36.4 Å². The van der Waals surface area contributed by atoms with Crippen LogP contribution in [0.2, 0.25) is 0 Å². The molecule has 3 fully saturated rings. The highest BCUT2D eigenvalue weighted by molar-refractivity contribution is 8.02. The summed E-state index contributed by atoms with van der Waals surface area (Å²) >= 11 is 1.61. The Kier molecular flexibility index (Phi) is 6.86. The lowest BCUT2D eigenvalue weighted by Crippen LogP contribution is -2.56. The van der Waals surface area contributed by atoms with Gasteiger partial charge >= 0.3 is 5.97 Å². The summed E-state index contributed by atoms with van der Waals surface area (Å²) < 4.78 is 4.65. The molecule has 0 radical (unpaired) electrons. The maximum absolute atomic E-state index is 14.1. The molecule has 8 heteroatoms. The Morgan fingerprint density at radius 1 is 1.39 bits per heavy atom. The van der Waals surface area contributed by atoms with Crippen molar-refractivity contribution >= 4 is 29.5 Å². The average molecular weight is 473 g/mol. The van der Waals surface area contributed by atoms with Crippen LogP contribution in [0.3, 0.4) is 0 Å². The highest BCUT2D eigenvalue weighted by Gasteiger charge is 2.74. The number of benzene rings is 1. The Balaban J connectivity index is 1.73. The van der Waals surface area contributed by atoms with Gasteiger partial charge in [-0.3, -0.25) is 14.4 Å². The fourth-order valence-electron chi connectivity index (χ4n) is 5.80. The largest absolute Gasteiger partial charge is 0.466 e. The number of rotatable bonds is 9. The van der Waals surface area contributed by atoms with E-state index < -0.39 is 28.7 Å². The summed E-state index contributed by atoms with van der Waals surface area (Å²) in [7, 11) is 0. The van der Waals surface area contributed by atoms with Crippen molar-refractivity contribution in [3.05, 3.63) is 48.6 Å². The van der Waals surface area contributed by atoms with Crippen LogP contribution in [0.5, 0.6) is 0 Å². The van der Waals surface area contributed by atoms with Gasteiger partial charge in [0.15, 0.2) is 0 Å². The first-order valence-electron chi connectivity index (χ1n) is 11.6. The van der Waals surface area contributed by atoms with E-state index in [1.54, 1.807) is 41.5 Å². The van der Waals surface area contributed by atoms with E-state index in [1.807, 2.05) is 30.3 Å². The van der Waals surface area contributed by atoms with Crippen LogP contribution >= 0.6 is 11.8 Å². The molecule has 0 saturated carbocycles. The minimum absolute atomic E-state index is 0.0261. The average Bonchev–Trinajstić information content (AvgIpc) is 3.46. The van der Waals surface area contributed by atoms with Crippen LogP contribution in [0.25, 0.3) is 0 Å². The fourth-order valence-corrected chi connectivity index (χ4v) is 7.99. The number of carbonyl (C=O) groups excluding carboxylic acids is 3. The first-order valence-corrected chi connectivity index (χ1v) is 12.5. The molecule has 1 aromatic carbocycles. The summed E-state index contributed by atoms with van der Waals surface area (Å²) in [6.45, 7) is 8.07. The van der Waals surface area contributed by atoms with Gasteiger partial charge in [-0.2, -0.15) is 0 Å². The predicted octanol–water partition coefficient (Wildman–Crippen LogP) is 2.24. The van der Waals surface area contributed by atoms with Gasteiger partial charge in [-0.25, -0.2) is 0 Å². The lowest BCUT2D eigenvalue weighted by molar-refractivity contribution is -0.154. The van der Waals surface area contributed by atoms with E-state index in [4.69, 9.17) is 4.74 Å². The van der Waals surface area contributed by atoms with E-state index in [0.717, 1.165) is 12.0 Å². The molecule has 4 rings (SSSR count). The van der Waals surface area contributed by atoms with Crippen molar-refractivity contribution in [1.29, 1.82) is 0 Å². The van der Waals surface area contributed by atoms with Gasteiger partial charge < -0.3 is 19.6 Å². The zero-order chi connectivity index (χ0) is 23.8. The van der Waals surface area contributed by atoms with Crippen molar-refractivity contribution in [2.45, 2.75) is 55.3 Å². The number of fused-ring (bicyclic) bond motifs is 1. The first-order chi connectivity index (χ1) is 15.9. The highest BCUT2D eigenvalue weighted by atomic mass is 32.2. The predicted molar refractivity (Wildman–Crippen MR) is 126 cm³/mol. The molecule has 3 aliphatic heterocycles. The van der Waals surface area contributed by atoms with Crippen LogP contribution < -0.4 is 0 Å². The van der Waals surface area contributed by atoms with E-state index in [1.165, 1.54) is 0 Å². The monoisotopic (exact) mass is 472 g/mol. The molecule has 6 atom stereocenters. The summed E-state index contributed by atoms with van der Waals surface area (Å²) in [6, 6.07) is 8.44. The number of aliphatic hydroxyl groups excluding tert-OH is 1. The van der Waals surface area contributed by atoms with Crippen LogP contribution in [-0.4, -0.2) is 74.5 Å². The minimum Gasteiger partial charge on any atom is -0.466 e. The van der Waals surface area contributed by atoms with Gasteiger partial charge in [-0.05, 0) is 32.3 Å². The van der Waals surface area contributed by atoms with Crippen molar-refractivity contribution in [3.63, 3.8) is 0 Å². The lowest BCUT2D eigenvalue weighted by Gasteiger charge is -2.38. The molecule has 2 unspecified atom stereocenters. The van der Waals surface area contributed by atoms with Crippen LogP contribution in [0.15, 0.2) is 43.0 Å². The molecule has 3 heterocycles. The number of ether oxygens (including phenoxy) is 1. The third-order valence-electron chi connectivity index (χ3n) is 7.15. The lowest BCUT2D eigenvalue weighted by atomic mass is 9.71. The number of carbonyl (C=O) groups is 3. The van der Waals surface area contributed by atoms with E-state index in [9.17, 15) is 19.5 Å². The number of amides is 2. The molecule has 7 nitrogen and oxygen atoms in total. The SMILES string of the molecule is C=CCN(Cc1ccccc1)C(=O)C1N([C@H](C)CO)C(=O)[C@@H]2[C@H](C(=O)OCC)[C@@H]3CCC12S3. The minimum atomic E-state index is -0.741. The standard InChI is InChI=1S/C25H32N2O5S/c1-4-13-26(14-17-9-7-6-8-10-17)23(30)21-25-12-11-18(33-25)19(24(31)32-5-2)20(25)22(29)27(21)16(3)15-28/h4,6-10,16,18-21,28H,1,5,11-15H2,2-3H3/t16-,18+,19-,20+,21?,25?/m1/s1. The van der Waals surface area contributed by atoms with E-state index in [2.05, 4.69) is 6.58 Å². The van der Waals surface area contributed by atoms with Gasteiger partial charge in [0.2, 0.25) is 11.8 Å². The molecule has 0 aromatic heterocycles. The quantitative estimate of drug-likeness (QED) is 0.438. The summed E-state index contributed by atoms with van der Waals surface area (Å²) in [5.74, 6) is -1.89. The molecule has 1 N–H and O–H groups in total. The number of thioether (sulfide) groups is 1. The zero-order valence-electron chi connectivity index (χ0n) is 19.2. The molecule has 178 valence electrons. The number of hydrogen-bond acceptors (Lipinski definition) is 6. The summed E-state index contributed by atoms with van der Waals surface area (Å²) in [4.78, 5) is 44.0. The van der Waals surface area contributed by atoms with Gasteiger partial charge in [0, 0.05) is 18.3 Å². The second kappa shape index (κ2) is 9.50. The van der Waals surface area contributed by atoms with Crippen LogP contribution in [0.1, 0.15) is 32.3 Å². The molecule has 3 saturated heterocycles.